The maximum Gasteiger partial charge on any atom is 0.332 e. The number of hydrogen-bond donors (Lipinski definition) is 0. The Labute approximate surface area is 113 Å². The standard InChI is InChI=1S/C16H19NO2/c18-15-12-14(11-13-7-3-1-4-8-13)16(19-15)17-9-5-2-6-10-17/h1,3-4,7-8,12,16H,2,5-6,9-11H2. The molecule has 1 atom stereocenters. The van der Waals surface area contributed by atoms with Crippen LogP contribution in [-0.2, 0) is 16.0 Å². The first-order valence-electron chi connectivity index (χ1n) is 7.02. The van der Waals surface area contributed by atoms with Gasteiger partial charge < -0.3 is 4.74 Å². The lowest BCUT2D eigenvalue weighted by molar-refractivity contribution is -0.146. The average molecular weight is 257 g/mol. The minimum Gasteiger partial charge on any atom is -0.439 e. The number of piperidine rings is 1. The third-order valence-corrected chi connectivity index (χ3v) is 3.82. The molecular formula is C16H19NO2. The number of ether oxygens (including phenoxy) is 1. The fraction of sp³-hybridized carbons (Fsp3) is 0.438. The summed E-state index contributed by atoms with van der Waals surface area (Å²) in [5, 5.41) is 0. The van der Waals surface area contributed by atoms with Gasteiger partial charge >= 0.3 is 5.97 Å². The molecule has 0 amide bonds. The van der Waals surface area contributed by atoms with Crippen LogP contribution in [0, 0.1) is 0 Å². The Morgan fingerprint density at radius 1 is 1.11 bits per heavy atom. The topological polar surface area (TPSA) is 29.5 Å². The van der Waals surface area contributed by atoms with Crippen LogP contribution in [0.2, 0.25) is 0 Å². The van der Waals surface area contributed by atoms with Crippen LogP contribution in [-0.4, -0.2) is 30.2 Å². The largest absolute Gasteiger partial charge is 0.439 e. The van der Waals surface area contributed by atoms with E-state index in [-0.39, 0.29) is 12.2 Å². The number of nitrogens with zero attached hydrogens (tertiary/aromatic N) is 1. The Bertz CT molecular complexity index is 475. The Kier molecular flexibility index (Phi) is 3.65. The second-order valence-corrected chi connectivity index (χ2v) is 5.27. The average Bonchev–Trinajstić information content (AvgIpc) is 2.82. The molecule has 19 heavy (non-hydrogen) atoms. The highest BCUT2D eigenvalue weighted by Crippen LogP contribution is 2.25. The summed E-state index contributed by atoms with van der Waals surface area (Å²) in [5.74, 6) is -0.193. The van der Waals surface area contributed by atoms with E-state index in [4.69, 9.17) is 4.74 Å². The van der Waals surface area contributed by atoms with E-state index in [0.29, 0.717) is 0 Å². The second kappa shape index (κ2) is 5.57. The van der Waals surface area contributed by atoms with E-state index < -0.39 is 0 Å². The summed E-state index contributed by atoms with van der Waals surface area (Å²) in [6, 6.07) is 10.3. The van der Waals surface area contributed by atoms with Crippen LogP contribution < -0.4 is 0 Å². The molecule has 3 heteroatoms. The normalized spacial score (nSPS) is 24.1. The maximum atomic E-state index is 11.6. The number of carbonyl (C=O) groups excluding carboxylic acids is 1. The van der Waals surface area contributed by atoms with E-state index in [1.807, 2.05) is 18.2 Å². The third-order valence-electron chi connectivity index (χ3n) is 3.82. The van der Waals surface area contributed by atoms with Gasteiger partial charge in [0.2, 0.25) is 0 Å². The summed E-state index contributed by atoms with van der Waals surface area (Å²) in [6.45, 7) is 2.06. The van der Waals surface area contributed by atoms with Crippen molar-refractivity contribution in [3.63, 3.8) is 0 Å². The number of esters is 1. The fourth-order valence-electron chi connectivity index (χ4n) is 2.87. The summed E-state index contributed by atoms with van der Waals surface area (Å²) in [4.78, 5) is 13.9. The highest BCUT2D eigenvalue weighted by atomic mass is 16.6. The van der Waals surface area contributed by atoms with Crippen molar-refractivity contribution in [1.29, 1.82) is 0 Å². The number of cyclic esters (lactones) is 1. The van der Waals surface area contributed by atoms with E-state index >= 15 is 0 Å². The summed E-state index contributed by atoms with van der Waals surface area (Å²) in [5.41, 5.74) is 2.33. The molecular weight excluding hydrogens is 238 g/mol. The van der Waals surface area contributed by atoms with E-state index in [0.717, 1.165) is 25.1 Å². The van der Waals surface area contributed by atoms with Crippen molar-refractivity contribution in [3.05, 3.63) is 47.5 Å². The molecule has 2 aliphatic rings. The van der Waals surface area contributed by atoms with Crippen molar-refractivity contribution < 1.29 is 9.53 Å². The van der Waals surface area contributed by atoms with Gasteiger partial charge in [0.1, 0.15) is 0 Å². The molecule has 1 unspecified atom stereocenters. The zero-order valence-electron chi connectivity index (χ0n) is 11.0. The van der Waals surface area contributed by atoms with Gasteiger partial charge in [-0.15, -0.1) is 0 Å². The Morgan fingerprint density at radius 3 is 2.58 bits per heavy atom. The molecule has 100 valence electrons. The Balaban J connectivity index is 1.74. The van der Waals surface area contributed by atoms with Crippen molar-refractivity contribution in [2.24, 2.45) is 0 Å². The molecule has 0 radical (unpaired) electrons. The smallest absolute Gasteiger partial charge is 0.332 e. The van der Waals surface area contributed by atoms with Crippen molar-refractivity contribution in [2.75, 3.05) is 13.1 Å². The van der Waals surface area contributed by atoms with Gasteiger partial charge in [-0.25, -0.2) is 4.79 Å². The number of carbonyl (C=O) groups is 1. The van der Waals surface area contributed by atoms with E-state index in [1.54, 1.807) is 6.08 Å². The van der Waals surface area contributed by atoms with Crippen molar-refractivity contribution in [2.45, 2.75) is 31.9 Å². The summed E-state index contributed by atoms with van der Waals surface area (Å²) in [6.07, 6.45) is 6.03. The van der Waals surface area contributed by atoms with Gasteiger partial charge in [0, 0.05) is 19.2 Å². The van der Waals surface area contributed by atoms with Crippen LogP contribution >= 0.6 is 0 Å². The minimum atomic E-state index is -0.193. The minimum absolute atomic E-state index is 0.131. The van der Waals surface area contributed by atoms with E-state index in [2.05, 4.69) is 17.0 Å². The first kappa shape index (κ1) is 12.4. The molecule has 2 aliphatic heterocycles. The quantitative estimate of drug-likeness (QED) is 0.779. The lowest BCUT2D eigenvalue weighted by Crippen LogP contribution is -2.41. The van der Waals surface area contributed by atoms with Crippen molar-refractivity contribution in [1.82, 2.24) is 4.90 Å². The SMILES string of the molecule is O=C1C=C(Cc2ccccc2)C(N2CCCCC2)O1. The van der Waals surface area contributed by atoms with Gasteiger partial charge in [-0.2, -0.15) is 0 Å². The first-order chi connectivity index (χ1) is 9.33. The predicted molar refractivity (Wildman–Crippen MR) is 73.5 cm³/mol. The number of rotatable bonds is 3. The molecule has 0 aliphatic carbocycles. The van der Waals surface area contributed by atoms with E-state index in [9.17, 15) is 4.79 Å². The number of likely N-dealkylation sites (tertiary alicyclic amines) is 1. The third kappa shape index (κ3) is 2.87. The molecule has 1 aromatic carbocycles. The van der Waals surface area contributed by atoms with Crippen LogP contribution in [0.4, 0.5) is 0 Å². The molecule has 1 saturated heterocycles. The molecule has 3 rings (SSSR count). The van der Waals surface area contributed by atoms with Gasteiger partial charge in [0.15, 0.2) is 6.23 Å². The van der Waals surface area contributed by atoms with E-state index in [1.165, 1.54) is 24.8 Å². The van der Waals surface area contributed by atoms with Crippen molar-refractivity contribution in [3.8, 4) is 0 Å². The van der Waals surface area contributed by atoms with Gasteiger partial charge in [0.25, 0.3) is 0 Å². The fourth-order valence-corrected chi connectivity index (χ4v) is 2.87. The molecule has 1 aromatic rings. The molecule has 3 nitrogen and oxygen atoms in total. The van der Waals surface area contributed by atoms with Crippen molar-refractivity contribution >= 4 is 5.97 Å². The van der Waals surface area contributed by atoms with Gasteiger partial charge in [-0.05, 0) is 30.4 Å². The molecule has 0 aromatic heterocycles. The van der Waals surface area contributed by atoms with Crippen LogP contribution in [0.1, 0.15) is 24.8 Å². The number of benzene rings is 1. The summed E-state index contributed by atoms with van der Waals surface area (Å²) in [7, 11) is 0. The summed E-state index contributed by atoms with van der Waals surface area (Å²) >= 11 is 0. The lowest BCUT2D eigenvalue weighted by atomic mass is 10.0. The highest BCUT2D eigenvalue weighted by molar-refractivity contribution is 5.85. The molecule has 0 spiro atoms. The Morgan fingerprint density at radius 2 is 1.84 bits per heavy atom. The van der Waals surface area contributed by atoms with Crippen LogP contribution in [0.15, 0.2) is 42.0 Å². The van der Waals surface area contributed by atoms with Gasteiger partial charge in [-0.3, -0.25) is 4.90 Å². The maximum absolute atomic E-state index is 11.6. The zero-order chi connectivity index (χ0) is 13.1. The monoisotopic (exact) mass is 257 g/mol. The van der Waals surface area contributed by atoms with Gasteiger partial charge in [-0.1, -0.05) is 36.8 Å². The second-order valence-electron chi connectivity index (χ2n) is 5.27. The number of hydrogen-bond acceptors (Lipinski definition) is 3. The van der Waals surface area contributed by atoms with Crippen LogP contribution in [0.5, 0.6) is 0 Å². The molecule has 0 saturated carbocycles. The molecule has 2 heterocycles. The van der Waals surface area contributed by atoms with Crippen LogP contribution in [0.25, 0.3) is 0 Å². The predicted octanol–water partition coefficient (Wildman–Crippen LogP) is 2.52. The first-order valence-corrected chi connectivity index (χ1v) is 7.02. The van der Waals surface area contributed by atoms with Gasteiger partial charge in [0.05, 0.1) is 0 Å². The lowest BCUT2D eigenvalue weighted by Gasteiger charge is -2.32. The van der Waals surface area contributed by atoms with Crippen LogP contribution in [0.3, 0.4) is 0 Å². The summed E-state index contributed by atoms with van der Waals surface area (Å²) < 4.78 is 5.48. The Hall–Kier alpha value is -1.61. The molecule has 1 fully saturated rings. The molecule has 0 bridgehead atoms. The highest BCUT2D eigenvalue weighted by Gasteiger charge is 2.32. The molecule has 0 N–H and O–H groups in total. The zero-order valence-corrected chi connectivity index (χ0v) is 11.0.